The maximum absolute atomic E-state index is 12.8. The molecule has 5 nitrogen and oxygen atoms in total. The Morgan fingerprint density at radius 1 is 0.903 bits per heavy atom. The molecule has 0 saturated carbocycles. The minimum atomic E-state index is -1.11. The molecule has 2 rings (SSSR count). The lowest BCUT2D eigenvalue weighted by Gasteiger charge is -2.33. The average molecular weight is 426 g/mol. The van der Waals surface area contributed by atoms with E-state index < -0.39 is 11.6 Å². The van der Waals surface area contributed by atoms with E-state index in [1.807, 2.05) is 12.1 Å². The highest BCUT2D eigenvalue weighted by Crippen LogP contribution is 2.37. The van der Waals surface area contributed by atoms with Crippen LogP contribution in [0, 0.1) is 5.41 Å². The van der Waals surface area contributed by atoms with Crippen molar-refractivity contribution in [3.05, 3.63) is 59.7 Å². The Labute approximate surface area is 186 Å². The van der Waals surface area contributed by atoms with Gasteiger partial charge in [0.1, 0.15) is 5.75 Å². The fraction of sp³-hybridized carbons (Fsp3) is 0.462. The summed E-state index contributed by atoms with van der Waals surface area (Å²) in [6.07, 6.45) is 1.05. The Kier molecular flexibility index (Phi) is 7.20. The van der Waals surface area contributed by atoms with Crippen molar-refractivity contribution in [3.63, 3.8) is 0 Å². The molecule has 0 saturated heterocycles. The van der Waals surface area contributed by atoms with Gasteiger partial charge >= 0.3 is 5.97 Å². The molecule has 0 aliphatic heterocycles. The van der Waals surface area contributed by atoms with E-state index in [0.717, 1.165) is 6.42 Å². The van der Waals surface area contributed by atoms with Crippen LogP contribution in [0.2, 0.25) is 0 Å². The second kappa shape index (κ2) is 9.13. The van der Waals surface area contributed by atoms with Crippen LogP contribution in [0.3, 0.4) is 0 Å². The van der Waals surface area contributed by atoms with E-state index >= 15 is 0 Å². The summed E-state index contributed by atoms with van der Waals surface area (Å²) in [5, 5.41) is 2.81. The fourth-order valence-electron chi connectivity index (χ4n) is 3.87. The van der Waals surface area contributed by atoms with E-state index in [9.17, 15) is 9.59 Å². The molecule has 2 aromatic rings. The second-order valence-corrected chi connectivity index (χ2v) is 10.3. The van der Waals surface area contributed by atoms with Crippen LogP contribution in [0.5, 0.6) is 5.75 Å². The van der Waals surface area contributed by atoms with E-state index in [1.165, 1.54) is 12.7 Å². The molecule has 0 heterocycles. The van der Waals surface area contributed by atoms with E-state index in [4.69, 9.17) is 9.47 Å². The lowest BCUT2D eigenvalue weighted by molar-refractivity contribution is -0.128. The van der Waals surface area contributed by atoms with E-state index in [-0.39, 0.29) is 16.7 Å². The predicted octanol–water partition coefficient (Wildman–Crippen LogP) is 5.98. The van der Waals surface area contributed by atoms with Gasteiger partial charge in [0.25, 0.3) is 5.91 Å². The van der Waals surface area contributed by atoms with Gasteiger partial charge in [-0.3, -0.25) is 4.79 Å². The number of carbonyl (C=O) groups is 2. The summed E-state index contributed by atoms with van der Waals surface area (Å²) in [6, 6.07) is 14.6. The van der Waals surface area contributed by atoms with Crippen molar-refractivity contribution in [1.29, 1.82) is 0 Å². The van der Waals surface area contributed by atoms with Crippen LogP contribution in [0.1, 0.15) is 70.8 Å². The molecule has 1 N–H and O–H groups in total. The molecule has 31 heavy (non-hydrogen) atoms. The lowest BCUT2D eigenvalue weighted by atomic mass is 9.72. The van der Waals surface area contributed by atoms with Gasteiger partial charge in [0.15, 0.2) is 5.60 Å². The molecule has 0 radical (unpaired) electrons. The number of methoxy groups -OCH3 is 1. The maximum atomic E-state index is 12.8. The summed E-state index contributed by atoms with van der Waals surface area (Å²) in [5.74, 6) is -0.147. The number of hydrogen-bond acceptors (Lipinski definition) is 4. The average Bonchev–Trinajstić information content (AvgIpc) is 2.65. The molecule has 0 aromatic heterocycles. The zero-order chi connectivity index (χ0) is 23.4. The fourth-order valence-corrected chi connectivity index (χ4v) is 3.87. The maximum Gasteiger partial charge on any atom is 0.337 e. The van der Waals surface area contributed by atoms with Gasteiger partial charge in [-0.1, -0.05) is 52.8 Å². The number of benzene rings is 2. The molecular weight excluding hydrogens is 390 g/mol. The van der Waals surface area contributed by atoms with E-state index in [0.29, 0.717) is 17.0 Å². The van der Waals surface area contributed by atoms with Crippen LogP contribution >= 0.6 is 0 Å². The molecule has 0 unspecified atom stereocenters. The number of hydrogen-bond donors (Lipinski definition) is 1. The minimum absolute atomic E-state index is 0.0360. The summed E-state index contributed by atoms with van der Waals surface area (Å²) >= 11 is 0. The Bertz CT molecular complexity index is 921. The molecule has 2 aromatic carbocycles. The Morgan fingerprint density at radius 2 is 1.52 bits per heavy atom. The SMILES string of the molecule is COC(=O)c1cccc(NC(=O)C(C)(C)Oc2ccc(C(C)(C)CC(C)(C)C)cc2)c1. The van der Waals surface area contributed by atoms with Crippen LogP contribution in [-0.2, 0) is 14.9 Å². The molecule has 5 heteroatoms. The van der Waals surface area contributed by atoms with Gasteiger partial charge in [-0.2, -0.15) is 0 Å². The van der Waals surface area contributed by atoms with Gasteiger partial charge in [-0.25, -0.2) is 4.79 Å². The van der Waals surface area contributed by atoms with Gasteiger partial charge in [0.2, 0.25) is 0 Å². The molecule has 0 aliphatic rings. The largest absolute Gasteiger partial charge is 0.478 e. The highest BCUT2D eigenvalue weighted by atomic mass is 16.5. The number of anilines is 1. The third-order valence-corrected chi connectivity index (χ3v) is 5.07. The third-order valence-electron chi connectivity index (χ3n) is 5.07. The monoisotopic (exact) mass is 425 g/mol. The van der Waals surface area contributed by atoms with Crippen LogP contribution in [0.4, 0.5) is 5.69 Å². The Morgan fingerprint density at radius 3 is 2.06 bits per heavy atom. The number of rotatable bonds is 7. The molecule has 168 valence electrons. The highest BCUT2D eigenvalue weighted by molar-refractivity contribution is 5.98. The summed E-state index contributed by atoms with van der Waals surface area (Å²) in [5.41, 5.74) is 1.26. The zero-order valence-corrected chi connectivity index (χ0v) is 20.0. The summed E-state index contributed by atoms with van der Waals surface area (Å²) < 4.78 is 10.7. The van der Waals surface area contributed by atoms with Crippen LogP contribution in [0.25, 0.3) is 0 Å². The predicted molar refractivity (Wildman–Crippen MR) is 125 cm³/mol. The first-order valence-corrected chi connectivity index (χ1v) is 10.5. The first kappa shape index (κ1) is 24.4. The van der Waals surface area contributed by atoms with Crippen molar-refractivity contribution >= 4 is 17.6 Å². The van der Waals surface area contributed by atoms with Crippen molar-refractivity contribution in [2.75, 3.05) is 12.4 Å². The summed E-state index contributed by atoms with van der Waals surface area (Å²) in [7, 11) is 1.32. The topological polar surface area (TPSA) is 64.6 Å². The van der Waals surface area contributed by atoms with Gasteiger partial charge in [0.05, 0.1) is 12.7 Å². The zero-order valence-electron chi connectivity index (χ0n) is 20.0. The third kappa shape index (κ3) is 6.84. The Hall–Kier alpha value is -2.82. The summed E-state index contributed by atoms with van der Waals surface area (Å²) in [4.78, 5) is 24.5. The van der Waals surface area contributed by atoms with Gasteiger partial charge in [0, 0.05) is 5.69 Å². The van der Waals surface area contributed by atoms with E-state index in [1.54, 1.807) is 38.1 Å². The standard InChI is InChI=1S/C26H35NO4/c1-24(2,3)17-25(4,5)19-12-14-21(15-13-19)31-26(6,7)23(29)27-20-11-9-10-18(16-20)22(28)30-8/h9-16H,17H2,1-8H3,(H,27,29). The molecular formula is C26H35NO4. The normalized spacial score (nSPS) is 12.3. The smallest absolute Gasteiger partial charge is 0.337 e. The second-order valence-electron chi connectivity index (χ2n) is 10.3. The van der Waals surface area contributed by atoms with E-state index in [2.05, 4.69) is 52.1 Å². The Balaban J connectivity index is 2.09. The van der Waals surface area contributed by atoms with Gasteiger partial charge in [-0.15, -0.1) is 0 Å². The van der Waals surface area contributed by atoms with Crippen molar-refractivity contribution in [1.82, 2.24) is 0 Å². The van der Waals surface area contributed by atoms with Crippen LogP contribution in [0.15, 0.2) is 48.5 Å². The van der Waals surface area contributed by atoms with Crippen molar-refractivity contribution in [2.45, 2.75) is 65.9 Å². The highest BCUT2D eigenvalue weighted by Gasteiger charge is 2.31. The quantitative estimate of drug-likeness (QED) is 0.554. The molecule has 0 bridgehead atoms. The number of amides is 1. The molecule has 0 fully saturated rings. The van der Waals surface area contributed by atoms with Crippen molar-refractivity contribution in [3.8, 4) is 5.75 Å². The lowest BCUT2D eigenvalue weighted by Crippen LogP contribution is -2.42. The minimum Gasteiger partial charge on any atom is -0.478 e. The first-order chi connectivity index (χ1) is 14.2. The van der Waals surface area contributed by atoms with Crippen LogP contribution in [-0.4, -0.2) is 24.6 Å². The van der Waals surface area contributed by atoms with Gasteiger partial charge < -0.3 is 14.8 Å². The van der Waals surface area contributed by atoms with Gasteiger partial charge in [-0.05, 0) is 67.0 Å². The van der Waals surface area contributed by atoms with Crippen molar-refractivity contribution < 1.29 is 19.1 Å². The summed E-state index contributed by atoms with van der Waals surface area (Å²) in [6.45, 7) is 14.6. The van der Waals surface area contributed by atoms with Crippen molar-refractivity contribution in [2.24, 2.45) is 5.41 Å². The molecule has 0 spiro atoms. The number of nitrogens with one attached hydrogen (secondary N) is 1. The van der Waals surface area contributed by atoms with Crippen LogP contribution < -0.4 is 10.1 Å². The molecule has 0 aliphatic carbocycles. The number of ether oxygens (including phenoxy) is 2. The molecule has 0 atom stereocenters. The molecule has 1 amide bonds. The number of carbonyl (C=O) groups excluding carboxylic acids is 2. The number of esters is 1. The first-order valence-electron chi connectivity index (χ1n) is 10.5.